The summed E-state index contributed by atoms with van der Waals surface area (Å²) in [5, 5.41) is 25.4. The van der Waals surface area contributed by atoms with Gasteiger partial charge < -0.3 is 59.5 Å². The van der Waals surface area contributed by atoms with Crippen LogP contribution < -0.4 is 54.4 Å². The largest absolute Gasteiger partial charge is 0.508 e. The smallest absolute Gasteiger partial charge is 0.255 e. The Bertz CT molecular complexity index is 5200. The first-order valence-electron chi connectivity index (χ1n) is 36.8. The molecule has 12 rings (SSSR count). The minimum Gasteiger partial charge on any atom is -0.508 e. The molecule has 4 aliphatic rings. The Hall–Kier alpha value is -11.3. The standard InChI is InChI=1S/C24H26FN3O3.C18H17BrFN3O3.C18H18FN3O3.C11H7ClN2O.C7H12FNO2.C6H10.BHNS/c1-7-15-19(28-22(29)21(15)25)13-31-23-17-11-20(30-6)18(26-5)10-16(17)14(12-27-23)8-9-24(2,3)4;1-4-9-14(23-17(24)16(9)20)8-26-18-11-6-15(25-3)13(21-2)5-10(11)12(19)7-22-18;1-4-11-14(22-17(23)16(11)19)9-25-18-12-8-15(24-3)13(20-2)7-10(12)5-6-21-18;1-13-9-5-7-3-4-14-11(12)8(7)6-10(9)15-2;1-2-4-5(3-10)9-7(11)6(4)8;1-5-6(2,3)4;1-2-3/h10-12,15,19,21H,7,13H2,1-4,6H3,(H,28,29);5-7,9,14,16H,4,8H2,1,3H3,(H,23,24);5-8,11,14,16H,4,9H2,1,3H3,(H,22,23);3-6H,2H3;4-6,10H,2-3H2,1H3,(H,9,11);1H,2-4H3;3H/t15-,19+,21-;9-,14+,16-;11-,14+,16-;;4-,5+,6-;;/m000.0../s1. The molecule has 33 heteroatoms. The Morgan fingerprint density at radius 1 is 0.530 bits per heavy atom. The predicted molar refractivity (Wildman–Crippen MR) is 449 cm³/mol. The molecule has 12 atom stereocenters. The number of alkyl halides is 4. The Balaban J connectivity index is 0.000000228. The Morgan fingerprint density at radius 2 is 0.855 bits per heavy atom. The third-order valence-corrected chi connectivity index (χ3v) is 19.9. The second kappa shape index (κ2) is 44.2. The van der Waals surface area contributed by atoms with E-state index in [1.165, 1.54) is 28.4 Å². The maximum Gasteiger partial charge on any atom is 0.255 e. The van der Waals surface area contributed by atoms with Crippen molar-refractivity contribution in [2.24, 2.45) is 38.8 Å². The zero-order valence-corrected chi connectivity index (χ0v) is 70.2. The van der Waals surface area contributed by atoms with Crippen LogP contribution in [0.2, 0.25) is 5.15 Å². The van der Waals surface area contributed by atoms with Gasteiger partial charge in [-0.05, 0) is 165 Å². The Kier molecular flexibility index (Phi) is 35.7. The molecule has 117 heavy (non-hydrogen) atoms. The van der Waals surface area contributed by atoms with Crippen LogP contribution >= 0.6 is 40.3 Å². The number of aromatic nitrogens is 4. The molecule has 5 N–H and O–H groups in total. The summed E-state index contributed by atoms with van der Waals surface area (Å²) in [6.07, 6.45) is 7.65. The van der Waals surface area contributed by atoms with E-state index in [1.54, 1.807) is 86.3 Å². The van der Waals surface area contributed by atoms with Crippen LogP contribution in [0, 0.1) is 85.0 Å². The topological polar surface area (TPSA) is 283 Å². The molecular formula is C84H91BBrClF4N13O12S. The van der Waals surface area contributed by atoms with E-state index in [4.69, 9.17) is 82.6 Å². The van der Waals surface area contributed by atoms with Gasteiger partial charge in [-0.1, -0.05) is 51.1 Å². The van der Waals surface area contributed by atoms with Crippen molar-refractivity contribution in [3.05, 3.63) is 146 Å². The van der Waals surface area contributed by atoms with E-state index >= 15 is 0 Å². The Morgan fingerprint density at radius 3 is 1.21 bits per heavy atom. The van der Waals surface area contributed by atoms with Crippen LogP contribution in [0.3, 0.4) is 0 Å². The van der Waals surface area contributed by atoms with Crippen molar-refractivity contribution in [1.29, 1.82) is 0 Å². The van der Waals surface area contributed by atoms with Crippen LogP contribution in [-0.2, 0) is 19.2 Å². The molecule has 8 heterocycles. The number of halogens is 6. The first kappa shape index (κ1) is 94.6. The number of hydrogen-bond donors (Lipinski definition) is 6. The zero-order valence-electron chi connectivity index (χ0n) is 67.0. The fourth-order valence-electron chi connectivity index (χ4n) is 12.7. The van der Waals surface area contributed by atoms with Crippen LogP contribution in [-0.4, -0.2) is 160 Å². The molecule has 25 nitrogen and oxygen atoms in total. The molecule has 4 saturated heterocycles. The van der Waals surface area contributed by atoms with E-state index < -0.39 is 84.2 Å². The first-order chi connectivity index (χ1) is 55.7. The molecule has 0 saturated carbocycles. The second-order valence-corrected chi connectivity index (χ2v) is 30.1. The molecule has 0 unspecified atom stereocenters. The number of carbonyl (C=O) groups is 4. The van der Waals surface area contributed by atoms with Crippen LogP contribution in [0.1, 0.15) is 100 Å². The molecule has 4 aliphatic heterocycles. The third-order valence-electron chi connectivity index (χ3n) is 18.9. The van der Waals surface area contributed by atoms with Gasteiger partial charge in [-0.2, -0.15) is 0 Å². The molecule has 4 aromatic carbocycles. The fraction of sp³-hybridized carbons (Fsp3) is 0.429. The van der Waals surface area contributed by atoms with E-state index in [9.17, 15) is 36.7 Å². The van der Waals surface area contributed by atoms with Gasteiger partial charge in [-0.3, -0.25) is 19.2 Å². The van der Waals surface area contributed by atoms with Gasteiger partial charge in [0.1, 0.15) is 48.0 Å². The van der Waals surface area contributed by atoms with Crippen molar-refractivity contribution in [2.45, 2.75) is 144 Å². The average Bonchev–Trinajstić information content (AvgIpc) is 1.49. The van der Waals surface area contributed by atoms with Crippen LogP contribution in [0.4, 0.5) is 40.3 Å². The molecular weight excluding hydrogens is 1620 g/mol. The van der Waals surface area contributed by atoms with E-state index in [0.717, 1.165) is 31.4 Å². The van der Waals surface area contributed by atoms with E-state index in [2.05, 4.69) is 119 Å². The number of thiol groups is 1. The molecule has 0 bridgehead atoms. The van der Waals surface area contributed by atoms with Crippen molar-refractivity contribution in [1.82, 2.24) is 41.2 Å². The van der Waals surface area contributed by atoms with E-state index in [0.29, 0.717) is 116 Å². The van der Waals surface area contributed by atoms with Crippen molar-refractivity contribution in [3.8, 4) is 64.8 Å². The van der Waals surface area contributed by atoms with Gasteiger partial charge in [0.15, 0.2) is 24.7 Å². The monoisotopic (exact) mass is 1710 g/mol. The van der Waals surface area contributed by atoms with E-state index in [1.807, 2.05) is 68.4 Å². The molecule has 8 aromatic rings. The van der Waals surface area contributed by atoms with Gasteiger partial charge in [0.25, 0.3) is 23.6 Å². The van der Waals surface area contributed by atoms with Gasteiger partial charge >= 0.3 is 24.8 Å². The number of hydrogen-bond acceptors (Lipinski definition) is 18. The fourth-order valence-corrected chi connectivity index (χ4v) is 13.3. The van der Waals surface area contributed by atoms with Gasteiger partial charge in [0, 0.05) is 90.9 Å². The average molecular weight is 1710 g/mol. The van der Waals surface area contributed by atoms with Crippen molar-refractivity contribution in [3.63, 3.8) is 0 Å². The molecule has 4 amide bonds. The number of nitrogens with one attached hydrogen (secondary N) is 4. The zero-order chi connectivity index (χ0) is 86.8. The van der Waals surface area contributed by atoms with Crippen molar-refractivity contribution in [2.75, 3.05) is 54.9 Å². The number of benzene rings is 4. The molecule has 4 fully saturated rings. The summed E-state index contributed by atoms with van der Waals surface area (Å²) in [7, 11) is 10.3. The number of carbonyl (C=O) groups excluding carboxylic acids is 4. The molecule has 4 aromatic heterocycles. The summed E-state index contributed by atoms with van der Waals surface area (Å²) >= 11 is 12.6. The van der Waals surface area contributed by atoms with Crippen LogP contribution in [0.5, 0.6) is 40.6 Å². The SMILES string of the molecule is C#CC(C)(C)C.CC[C@@H]1[C@H](F)C(=O)N[C@@H]1CO.[B]=NS.[C-]#[N+]c1cc2c(Br)cnc(OC[C@H]3NC(=O)[C@@H](F)[C@H]3CC)c2cc1OC.[C-]#[N+]c1cc2c(C#CC(C)(C)C)cnc(OC[C@H]3NC(=O)[C@@H](F)[C@H]3CC)c2cc1OC.[C-]#[N+]c1cc2ccnc(Cl)c2cc1OC.[C-]#[N+]c1cc2ccnc(OC[C@H]3NC(=O)[C@@H](F)[C@H]3CC)c2cc1OC. The van der Waals surface area contributed by atoms with Crippen molar-refractivity contribution < 1.29 is 75.0 Å². The van der Waals surface area contributed by atoms with Gasteiger partial charge in [-0.25, -0.2) is 56.9 Å². The Labute approximate surface area is 698 Å². The third kappa shape index (κ3) is 24.4. The number of fused-ring (bicyclic) bond motifs is 4. The summed E-state index contributed by atoms with van der Waals surface area (Å²) in [5.74, 6) is 7.72. The van der Waals surface area contributed by atoms with Crippen LogP contribution in [0.15, 0.2) is 94.2 Å². The number of aliphatic hydroxyl groups is 1. The maximum atomic E-state index is 14.1. The molecule has 0 spiro atoms. The summed E-state index contributed by atoms with van der Waals surface area (Å²) < 4.78 is 96.6. The van der Waals surface area contributed by atoms with Gasteiger partial charge in [0.2, 0.25) is 40.4 Å². The minimum absolute atomic E-state index is 0.0694. The normalized spacial score (nSPS) is 20.6. The summed E-state index contributed by atoms with van der Waals surface area (Å²) in [6, 6.07) is 15.7. The number of methoxy groups -OCH3 is 4. The number of ether oxygens (including phenoxy) is 7. The number of pyridine rings is 4. The number of aliphatic hydroxyl groups excluding tert-OH is 1. The number of terminal acetylenes is 1. The molecule has 1 radical (unpaired) electrons. The molecule has 0 aliphatic carbocycles. The number of nitrogens with zero attached hydrogens (tertiary/aromatic N) is 9. The summed E-state index contributed by atoms with van der Waals surface area (Å²) in [6.45, 7) is 48.5. The maximum absolute atomic E-state index is 14.1. The number of amides is 4. The van der Waals surface area contributed by atoms with E-state index in [-0.39, 0.29) is 49.2 Å². The van der Waals surface area contributed by atoms with Crippen LogP contribution in [0.25, 0.3) is 62.5 Å². The number of rotatable bonds is 18. The van der Waals surface area contributed by atoms with Crippen molar-refractivity contribution >= 4 is 137 Å². The van der Waals surface area contributed by atoms with Gasteiger partial charge in [0.05, 0.1) is 85.5 Å². The second-order valence-electron chi connectivity index (χ2n) is 28.7. The molecule has 615 valence electrons. The quantitative estimate of drug-likeness (QED) is 0.0116. The predicted octanol–water partition coefficient (Wildman–Crippen LogP) is 16.4. The summed E-state index contributed by atoms with van der Waals surface area (Å²) in [4.78, 5) is 76.3. The summed E-state index contributed by atoms with van der Waals surface area (Å²) in [5.41, 5.74) is 2.17. The van der Waals surface area contributed by atoms with Gasteiger partial charge in [-0.15, -0.1) is 12.3 Å². The first-order valence-corrected chi connectivity index (χ1v) is 38.4. The minimum atomic E-state index is -1.53.